The van der Waals surface area contributed by atoms with Gasteiger partial charge in [0.1, 0.15) is 17.2 Å². The van der Waals surface area contributed by atoms with Crippen molar-refractivity contribution in [3.63, 3.8) is 0 Å². The lowest BCUT2D eigenvalue weighted by Gasteiger charge is -2.18. The normalized spacial score (nSPS) is 11.7. The van der Waals surface area contributed by atoms with E-state index in [-0.39, 0.29) is 5.91 Å². The number of benzene rings is 3. The summed E-state index contributed by atoms with van der Waals surface area (Å²) < 4.78 is 11.7. The van der Waals surface area contributed by atoms with Crippen LogP contribution in [-0.4, -0.2) is 12.0 Å². The molecule has 0 saturated carbocycles. The van der Waals surface area contributed by atoms with E-state index >= 15 is 0 Å². The van der Waals surface area contributed by atoms with Gasteiger partial charge in [-0.15, -0.1) is 0 Å². The van der Waals surface area contributed by atoms with Crippen LogP contribution in [0.2, 0.25) is 0 Å². The van der Waals surface area contributed by atoms with Crippen LogP contribution in [0.5, 0.6) is 17.2 Å². The summed E-state index contributed by atoms with van der Waals surface area (Å²) in [6.45, 7) is 5.96. The molecule has 4 heteroatoms. The average Bonchev–Trinajstić information content (AvgIpc) is 2.70. The molecule has 0 aliphatic rings. The molecule has 3 rings (SSSR count). The predicted molar refractivity (Wildman–Crippen MR) is 112 cm³/mol. The van der Waals surface area contributed by atoms with Crippen molar-refractivity contribution in [1.82, 2.24) is 0 Å². The Morgan fingerprint density at radius 2 is 1.39 bits per heavy atom. The number of rotatable bonds is 7. The predicted octanol–water partition coefficient (Wildman–Crippen LogP) is 6.01. The molecule has 3 aromatic rings. The number of ether oxygens (including phenoxy) is 2. The first kappa shape index (κ1) is 19.5. The van der Waals surface area contributed by atoms with Gasteiger partial charge < -0.3 is 14.8 Å². The highest BCUT2D eigenvalue weighted by Gasteiger charge is 2.17. The third-order valence-electron chi connectivity index (χ3n) is 4.31. The molecular weight excluding hydrogens is 350 g/mol. The van der Waals surface area contributed by atoms with Crippen LogP contribution in [0.15, 0.2) is 78.9 Å². The lowest BCUT2D eigenvalue weighted by molar-refractivity contribution is -0.122. The van der Waals surface area contributed by atoms with Crippen molar-refractivity contribution in [2.45, 2.75) is 32.8 Å². The van der Waals surface area contributed by atoms with Gasteiger partial charge in [0.2, 0.25) is 0 Å². The standard InChI is InChI=1S/C24H25NO3/c1-17(2)22-11-7-8-12-23(22)27-18(3)24(26)25-19-13-15-21(16-14-19)28-20-9-5-4-6-10-20/h4-18H,1-3H3,(H,25,26)/t18-/m1/s1. The molecule has 0 radical (unpaired) electrons. The van der Waals surface area contributed by atoms with Gasteiger partial charge in [0.15, 0.2) is 6.10 Å². The molecule has 0 fully saturated rings. The van der Waals surface area contributed by atoms with Gasteiger partial charge in [-0.2, -0.15) is 0 Å². The maximum absolute atomic E-state index is 12.5. The molecule has 144 valence electrons. The van der Waals surface area contributed by atoms with E-state index < -0.39 is 6.10 Å². The number of carbonyl (C=O) groups is 1. The van der Waals surface area contributed by atoms with Gasteiger partial charge in [-0.3, -0.25) is 4.79 Å². The Bertz CT molecular complexity index is 905. The molecule has 0 unspecified atom stereocenters. The van der Waals surface area contributed by atoms with Crippen molar-refractivity contribution >= 4 is 11.6 Å². The van der Waals surface area contributed by atoms with E-state index in [0.717, 1.165) is 17.1 Å². The minimum atomic E-state index is -0.611. The SMILES string of the molecule is CC(C)c1ccccc1O[C@H](C)C(=O)Nc1ccc(Oc2ccccc2)cc1. The molecule has 0 heterocycles. The van der Waals surface area contributed by atoms with Crippen molar-refractivity contribution < 1.29 is 14.3 Å². The van der Waals surface area contributed by atoms with Gasteiger partial charge in [0.25, 0.3) is 5.91 Å². The van der Waals surface area contributed by atoms with E-state index in [4.69, 9.17) is 9.47 Å². The summed E-state index contributed by atoms with van der Waals surface area (Å²) in [4.78, 5) is 12.5. The van der Waals surface area contributed by atoms with Gasteiger partial charge in [0.05, 0.1) is 0 Å². The molecule has 4 nitrogen and oxygen atoms in total. The molecule has 0 spiro atoms. The molecular formula is C24H25NO3. The molecule has 28 heavy (non-hydrogen) atoms. The third kappa shape index (κ3) is 5.13. The molecule has 0 aliphatic carbocycles. The molecule has 1 atom stereocenters. The number of para-hydroxylation sites is 2. The zero-order chi connectivity index (χ0) is 19.9. The van der Waals surface area contributed by atoms with E-state index in [1.165, 1.54) is 0 Å². The lowest BCUT2D eigenvalue weighted by Crippen LogP contribution is -2.30. The highest BCUT2D eigenvalue weighted by Crippen LogP contribution is 2.27. The maximum atomic E-state index is 12.5. The van der Waals surface area contributed by atoms with E-state index in [9.17, 15) is 4.79 Å². The second-order valence-corrected chi connectivity index (χ2v) is 6.88. The third-order valence-corrected chi connectivity index (χ3v) is 4.31. The highest BCUT2D eigenvalue weighted by atomic mass is 16.5. The molecule has 1 amide bonds. The molecule has 0 aliphatic heterocycles. The summed E-state index contributed by atoms with van der Waals surface area (Å²) in [6, 6.07) is 24.6. The first-order valence-corrected chi connectivity index (χ1v) is 9.42. The van der Waals surface area contributed by atoms with Gasteiger partial charge in [0, 0.05) is 5.69 Å². The largest absolute Gasteiger partial charge is 0.481 e. The topological polar surface area (TPSA) is 47.6 Å². The van der Waals surface area contributed by atoms with Crippen molar-refractivity contribution in [2.75, 3.05) is 5.32 Å². The number of amides is 1. The summed E-state index contributed by atoms with van der Waals surface area (Å²) in [7, 11) is 0. The minimum absolute atomic E-state index is 0.199. The Balaban J connectivity index is 1.60. The van der Waals surface area contributed by atoms with Crippen molar-refractivity contribution in [1.29, 1.82) is 0 Å². The summed E-state index contributed by atoms with van der Waals surface area (Å²) in [5.41, 5.74) is 1.78. The Morgan fingerprint density at radius 1 is 0.786 bits per heavy atom. The van der Waals surface area contributed by atoms with Gasteiger partial charge in [-0.1, -0.05) is 50.2 Å². The van der Waals surface area contributed by atoms with Crippen LogP contribution >= 0.6 is 0 Å². The van der Waals surface area contributed by atoms with E-state index in [1.807, 2.05) is 78.9 Å². The monoisotopic (exact) mass is 375 g/mol. The zero-order valence-electron chi connectivity index (χ0n) is 16.4. The fourth-order valence-electron chi connectivity index (χ4n) is 2.78. The van der Waals surface area contributed by atoms with Crippen LogP contribution in [0.3, 0.4) is 0 Å². The quantitative estimate of drug-likeness (QED) is 0.550. The van der Waals surface area contributed by atoms with Crippen LogP contribution in [-0.2, 0) is 4.79 Å². The minimum Gasteiger partial charge on any atom is -0.481 e. The van der Waals surface area contributed by atoms with Crippen molar-refractivity contribution in [3.8, 4) is 17.2 Å². The van der Waals surface area contributed by atoms with Crippen LogP contribution in [0, 0.1) is 0 Å². The molecule has 0 saturated heterocycles. The number of carbonyl (C=O) groups excluding carboxylic acids is 1. The number of anilines is 1. The number of hydrogen-bond acceptors (Lipinski definition) is 3. The highest BCUT2D eigenvalue weighted by molar-refractivity contribution is 5.94. The maximum Gasteiger partial charge on any atom is 0.265 e. The fourth-order valence-corrected chi connectivity index (χ4v) is 2.78. The Labute approximate surface area is 166 Å². The van der Waals surface area contributed by atoms with Crippen molar-refractivity contribution in [3.05, 3.63) is 84.4 Å². The molecule has 3 aromatic carbocycles. The van der Waals surface area contributed by atoms with Crippen LogP contribution < -0.4 is 14.8 Å². The van der Waals surface area contributed by atoms with Gasteiger partial charge >= 0.3 is 0 Å². The number of hydrogen-bond donors (Lipinski definition) is 1. The Hall–Kier alpha value is -3.27. The second kappa shape index (κ2) is 9.09. The van der Waals surface area contributed by atoms with Gasteiger partial charge in [-0.05, 0) is 60.9 Å². The fraction of sp³-hybridized carbons (Fsp3) is 0.208. The van der Waals surface area contributed by atoms with Gasteiger partial charge in [-0.25, -0.2) is 0 Å². The Kier molecular flexibility index (Phi) is 6.33. The average molecular weight is 375 g/mol. The Morgan fingerprint density at radius 3 is 2.07 bits per heavy atom. The zero-order valence-corrected chi connectivity index (χ0v) is 16.4. The van der Waals surface area contributed by atoms with Crippen LogP contribution in [0.25, 0.3) is 0 Å². The lowest BCUT2D eigenvalue weighted by atomic mass is 10.0. The smallest absolute Gasteiger partial charge is 0.265 e. The first-order valence-electron chi connectivity index (χ1n) is 9.42. The summed E-state index contributed by atoms with van der Waals surface area (Å²) in [5.74, 6) is 2.34. The summed E-state index contributed by atoms with van der Waals surface area (Å²) >= 11 is 0. The van der Waals surface area contributed by atoms with Crippen LogP contribution in [0.1, 0.15) is 32.3 Å². The molecule has 0 aromatic heterocycles. The van der Waals surface area contributed by atoms with Crippen LogP contribution in [0.4, 0.5) is 5.69 Å². The molecule has 1 N–H and O–H groups in total. The summed E-state index contributed by atoms with van der Waals surface area (Å²) in [6.07, 6.45) is -0.611. The summed E-state index contributed by atoms with van der Waals surface area (Å²) in [5, 5.41) is 2.88. The first-order chi connectivity index (χ1) is 13.5. The van der Waals surface area contributed by atoms with E-state index in [2.05, 4.69) is 19.2 Å². The number of nitrogens with one attached hydrogen (secondary N) is 1. The van der Waals surface area contributed by atoms with Crippen molar-refractivity contribution in [2.24, 2.45) is 0 Å². The van der Waals surface area contributed by atoms with E-state index in [0.29, 0.717) is 17.4 Å². The molecule has 0 bridgehead atoms. The van der Waals surface area contributed by atoms with E-state index in [1.54, 1.807) is 6.92 Å². The second-order valence-electron chi connectivity index (χ2n) is 6.88.